The number of aromatic hydroxyl groups is 1. The summed E-state index contributed by atoms with van der Waals surface area (Å²) in [5.41, 5.74) is 1.74. The molecule has 158 valence electrons. The molecule has 1 N–H and O–H groups in total. The van der Waals surface area contributed by atoms with E-state index in [1.807, 2.05) is 0 Å². The van der Waals surface area contributed by atoms with Gasteiger partial charge in [-0.05, 0) is 55.0 Å². The van der Waals surface area contributed by atoms with Gasteiger partial charge in [-0.3, -0.25) is 9.69 Å². The molecule has 2 aromatic rings. The van der Waals surface area contributed by atoms with Crippen molar-refractivity contribution >= 4 is 23.5 Å². The van der Waals surface area contributed by atoms with Crippen LogP contribution in [0.3, 0.4) is 0 Å². The normalized spacial score (nSPS) is 23.0. The van der Waals surface area contributed by atoms with E-state index in [4.69, 9.17) is 16.3 Å². The molecule has 0 bridgehead atoms. The number of carbonyl (C=O) groups excluding carboxylic acids is 1. The second kappa shape index (κ2) is 8.05. The van der Waals surface area contributed by atoms with Crippen LogP contribution in [-0.4, -0.2) is 28.9 Å². The van der Waals surface area contributed by atoms with Crippen LogP contribution >= 0.6 is 11.6 Å². The first-order chi connectivity index (χ1) is 14.2. The number of likely N-dealkylation sites (tertiary alicyclic amines) is 1. The molecule has 0 spiro atoms. The van der Waals surface area contributed by atoms with Crippen LogP contribution < -0.4 is 4.74 Å². The number of piperidine rings is 1. The lowest BCUT2D eigenvalue weighted by molar-refractivity contribution is 0.101. The summed E-state index contributed by atoms with van der Waals surface area (Å²) >= 11 is 6.11. The number of nitrogens with zero attached hydrogens (tertiary/aromatic N) is 1. The maximum Gasteiger partial charge on any atom is 0.232 e. The highest BCUT2D eigenvalue weighted by Gasteiger charge is 2.34. The van der Waals surface area contributed by atoms with Gasteiger partial charge < -0.3 is 9.84 Å². The molecule has 2 aliphatic heterocycles. The average molecular weight is 430 g/mol. The molecule has 0 aliphatic carbocycles. The van der Waals surface area contributed by atoms with Crippen LogP contribution in [0.2, 0.25) is 5.02 Å². The molecule has 0 saturated carbocycles. The van der Waals surface area contributed by atoms with Crippen LogP contribution in [0, 0.1) is 24.6 Å². The Morgan fingerprint density at radius 2 is 2.00 bits per heavy atom. The summed E-state index contributed by atoms with van der Waals surface area (Å²) in [7, 11) is 0. The van der Waals surface area contributed by atoms with Crippen molar-refractivity contribution in [3.05, 3.63) is 63.1 Å². The first kappa shape index (κ1) is 20.9. The van der Waals surface area contributed by atoms with Crippen molar-refractivity contribution < 1.29 is 19.0 Å². The van der Waals surface area contributed by atoms with E-state index in [0.29, 0.717) is 40.8 Å². The minimum atomic E-state index is -0.529. The van der Waals surface area contributed by atoms with Crippen molar-refractivity contribution in [2.24, 2.45) is 11.8 Å². The van der Waals surface area contributed by atoms with Crippen molar-refractivity contribution in [2.75, 3.05) is 13.1 Å². The van der Waals surface area contributed by atoms with E-state index in [2.05, 4.69) is 18.7 Å². The highest BCUT2D eigenvalue weighted by atomic mass is 35.5. The first-order valence-corrected chi connectivity index (χ1v) is 10.6. The lowest BCUT2D eigenvalue weighted by Crippen LogP contribution is -2.38. The van der Waals surface area contributed by atoms with Crippen molar-refractivity contribution in [3.8, 4) is 11.5 Å². The van der Waals surface area contributed by atoms with E-state index in [9.17, 15) is 14.3 Å². The van der Waals surface area contributed by atoms with Gasteiger partial charge in [-0.1, -0.05) is 31.5 Å². The Morgan fingerprint density at radius 3 is 2.67 bits per heavy atom. The largest absolute Gasteiger partial charge is 0.507 e. The molecule has 4 rings (SSSR count). The average Bonchev–Trinajstić information content (AvgIpc) is 2.98. The number of rotatable bonds is 3. The van der Waals surface area contributed by atoms with Gasteiger partial charge in [0.1, 0.15) is 17.3 Å². The highest BCUT2D eigenvalue weighted by Crippen LogP contribution is 2.43. The van der Waals surface area contributed by atoms with Gasteiger partial charge in [-0.2, -0.15) is 0 Å². The molecule has 30 heavy (non-hydrogen) atoms. The number of ketones is 1. The number of carbonyl (C=O) groups is 1. The van der Waals surface area contributed by atoms with Crippen LogP contribution in [0.25, 0.3) is 6.08 Å². The number of phenolic OH excluding ortho intramolecular Hbond substituents is 1. The van der Waals surface area contributed by atoms with Gasteiger partial charge >= 0.3 is 0 Å². The Labute approximate surface area is 180 Å². The van der Waals surface area contributed by atoms with Crippen molar-refractivity contribution in [2.45, 2.75) is 33.7 Å². The molecule has 0 amide bonds. The van der Waals surface area contributed by atoms with Gasteiger partial charge in [0.2, 0.25) is 5.78 Å². The molecule has 0 radical (unpaired) electrons. The van der Waals surface area contributed by atoms with Crippen molar-refractivity contribution in [1.29, 1.82) is 0 Å². The maximum atomic E-state index is 14.2. The van der Waals surface area contributed by atoms with E-state index in [1.54, 1.807) is 19.1 Å². The third kappa shape index (κ3) is 3.84. The topological polar surface area (TPSA) is 49.8 Å². The van der Waals surface area contributed by atoms with Crippen LogP contribution in [0.5, 0.6) is 11.5 Å². The standard InChI is InChI=1S/C24H25ClFNO3/c1-13-7-14(2)11-27(10-13)12-17-20(28)8-15(3)22-23(29)21(30-24(17)22)9-16-18(25)5-4-6-19(16)26/h4-6,8-9,13-14,28H,7,10-12H2,1-3H3/b21-9+. The minimum Gasteiger partial charge on any atom is -0.507 e. The summed E-state index contributed by atoms with van der Waals surface area (Å²) in [5.74, 6) is 0.748. The second-order valence-corrected chi connectivity index (χ2v) is 9.02. The van der Waals surface area contributed by atoms with Crippen LogP contribution in [0.4, 0.5) is 4.39 Å². The molecule has 6 heteroatoms. The number of benzene rings is 2. The summed E-state index contributed by atoms with van der Waals surface area (Å²) in [6, 6.07) is 5.95. The Balaban J connectivity index is 1.72. The number of ether oxygens (including phenoxy) is 1. The number of hydrogen-bond acceptors (Lipinski definition) is 4. The zero-order chi connectivity index (χ0) is 21.6. The molecular weight excluding hydrogens is 405 g/mol. The quantitative estimate of drug-likeness (QED) is 0.646. The number of fused-ring (bicyclic) bond motifs is 1. The fourth-order valence-electron chi connectivity index (χ4n) is 4.66. The van der Waals surface area contributed by atoms with Gasteiger partial charge in [0, 0.05) is 25.2 Å². The first-order valence-electron chi connectivity index (χ1n) is 10.2. The third-order valence-electron chi connectivity index (χ3n) is 5.82. The number of allylic oxidation sites excluding steroid dienone is 1. The Kier molecular flexibility index (Phi) is 5.60. The lowest BCUT2D eigenvalue weighted by atomic mass is 9.91. The van der Waals surface area contributed by atoms with Crippen LogP contribution in [0.1, 0.15) is 47.3 Å². The molecule has 2 unspecified atom stereocenters. The Bertz CT molecular complexity index is 1020. The predicted molar refractivity (Wildman–Crippen MR) is 115 cm³/mol. The molecule has 0 aromatic heterocycles. The minimum absolute atomic E-state index is 0.00679. The van der Waals surface area contributed by atoms with Gasteiger partial charge in [0.15, 0.2) is 5.76 Å². The molecular formula is C24H25ClFNO3. The lowest BCUT2D eigenvalue weighted by Gasteiger charge is -2.35. The molecule has 2 aliphatic rings. The Hall–Kier alpha value is -2.37. The number of aryl methyl sites for hydroxylation is 1. The molecule has 2 heterocycles. The van der Waals surface area contributed by atoms with Crippen LogP contribution in [0.15, 0.2) is 30.0 Å². The fraction of sp³-hybridized carbons (Fsp3) is 0.375. The Morgan fingerprint density at radius 1 is 1.30 bits per heavy atom. The van der Waals surface area contributed by atoms with E-state index in [1.165, 1.54) is 24.6 Å². The zero-order valence-electron chi connectivity index (χ0n) is 17.3. The van der Waals surface area contributed by atoms with Gasteiger partial charge in [0.05, 0.1) is 16.1 Å². The van der Waals surface area contributed by atoms with Crippen molar-refractivity contribution in [1.82, 2.24) is 4.90 Å². The summed E-state index contributed by atoms with van der Waals surface area (Å²) in [6.07, 6.45) is 2.52. The molecule has 2 atom stereocenters. The summed E-state index contributed by atoms with van der Waals surface area (Å²) in [4.78, 5) is 15.3. The van der Waals surface area contributed by atoms with Crippen LogP contribution in [-0.2, 0) is 6.54 Å². The van der Waals surface area contributed by atoms with E-state index < -0.39 is 5.82 Å². The smallest absolute Gasteiger partial charge is 0.232 e. The number of phenols is 1. The predicted octanol–water partition coefficient (Wildman–Crippen LogP) is 5.59. The molecule has 1 fully saturated rings. The monoisotopic (exact) mass is 429 g/mol. The number of Topliss-reactive ketones (excluding diaryl/α,β-unsaturated/α-hetero) is 1. The molecule has 1 saturated heterocycles. The number of halogens is 2. The van der Waals surface area contributed by atoms with Gasteiger partial charge in [-0.25, -0.2) is 4.39 Å². The van der Waals surface area contributed by atoms with Gasteiger partial charge in [0.25, 0.3) is 0 Å². The van der Waals surface area contributed by atoms with E-state index in [0.717, 1.165) is 13.1 Å². The van der Waals surface area contributed by atoms with Gasteiger partial charge in [-0.15, -0.1) is 0 Å². The molecule has 2 aromatic carbocycles. The fourth-order valence-corrected chi connectivity index (χ4v) is 4.87. The van der Waals surface area contributed by atoms with Crippen molar-refractivity contribution in [3.63, 3.8) is 0 Å². The summed E-state index contributed by atoms with van der Waals surface area (Å²) < 4.78 is 20.1. The zero-order valence-corrected chi connectivity index (χ0v) is 18.1. The molecule has 4 nitrogen and oxygen atoms in total. The highest BCUT2D eigenvalue weighted by molar-refractivity contribution is 6.32. The summed E-state index contributed by atoms with van der Waals surface area (Å²) in [5, 5.41) is 10.8. The summed E-state index contributed by atoms with van der Waals surface area (Å²) in [6.45, 7) is 8.54. The van der Waals surface area contributed by atoms with E-state index >= 15 is 0 Å². The maximum absolute atomic E-state index is 14.2. The van der Waals surface area contributed by atoms with E-state index in [-0.39, 0.29) is 27.9 Å². The second-order valence-electron chi connectivity index (χ2n) is 8.61. The number of hydrogen-bond donors (Lipinski definition) is 1. The SMILES string of the molecule is Cc1cc(O)c(CN2CC(C)CC(C)C2)c2c1C(=O)/C(=C\c1c(F)cccc1Cl)O2. The third-order valence-corrected chi connectivity index (χ3v) is 6.15.